The van der Waals surface area contributed by atoms with Gasteiger partial charge in [-0.2, -0.15) is 0 Å². The number of alkyl halides is 1. The molecule has 1 aromatic carbocycles. The molecule has 1 aromatic rings. The number of benzene rings is 1. The normalized spacial score (nSPS) is 23.1. The highest BCUT2D eigenvalue weighted by Crippen LogP contribution is 2.28. The SMILES string of the molecule is O=C(NCC1CCCC(Br)C1)c1cc(Cl)ccc1I. The third-order valence-electron chi connectivity index (χ3n) is 3.44. The monoisotopic (exact) mass is 455 g/mol. The van der Waals surface area contributed by atoms with Gasteiger partial charge < -0.3 is 5.32 Å². The molecule has 2 atom stereocenters. The van der Waals surface area contributed by atoms with Gasteiger partial charge in [-0.25, -0.2) is 0 Å². The van der Waals surface area contributed by atoms with E-state index in [1.54, 1.807) is 12.1 Å². The molecule has 1 fully saturated rings. The zero-order valence-corrected chi connectivity index (χ0v) is 15.0. The summed E-state index contributed by atoms with van der Waals surface area (Å²) in [5.74, 6) is 0.558. The molecular formula is C14H16BrClINO. The molecular weight excluding hydrogens is 440 g/mol. The minimum atomic E-state index is -0.0244. The molecule has 0 saturated heterocycles. The first-order valence-corrected chi connectivity index (χ1v) is 8.81. The van der Waals surface area contributed by atoms with Crippen molar-refractivity contribution in [3.8, 4) is 0 Å². The molecule has 0 radical (unpaired) electrons. The first-order valence-electron chi connectivity index (χ1n) is 6.43. The minimum Gasteiger partial charge on any atom is -0.352 e. The van der Waals surface area contributed by atoms with Crippen LogP contribution < -0.4 is 5.32 Å². The topological polar surface area (TPSA) is 29.1 Å². The second kappa shape index (κ2) is 7.27. The van der Waals surface area contributed by atoms with Gasteiger partial charge in [-0.05, 0) is 66.0 Å². The van der Waals surface area contributed by atoms with E-state index in [1.807, 2.05) is 6.07 Å². The van der Waals surface area contributed by atoms with Crippen LogP contribution in [-0.2, 0) is 0 Å². The van der Waals surface area contributed by atoms with Crippen LogP contribution in [0.25, 0.3) is 0 Å². The molecule has 1 N–H and O–H groups in total. The molecule has 1 aliphatic carbocycles. The van der Waals surface area contributed by atoms with Gasteiger partial charge in [-0.3, -0.25) is 4.79 Å². The van der Waals surface area contributed by atoms with Crippen LogP contribution in [0.3, 0.4) is 0 Å². The average Bonchev–Trinajstić information content (AvgIpc) is 2.39. The summed E-state index contributed by atoms with van der Waals surface area (Å²) in [5, 5.41) is 3.63. The number of carbonyl (C=O) groups is 1. The molecule has 19 heavy (non-hydrogen) atoms. The molecule has 5 heteroatoms. The Hall–Kier alpha value is 0.190. The highest BCUT2D eigenvalue weighted by atomic mass is 127. The van der Waals surface area contributed by atoms with Gasteiger partial charge in [0, 0.05) is 20.0 Å². The van der Waals surface area contributed by atoms with E-state index in [1.165, 1.54) is 19.3 Å². The maximum atomic E-state index is 12.2. The summed E-state index contributed by atoms with van der Waals surface area (Å²) in [6.07, 6.45) is 4.84. The van der Waals surface area contributed by atoms with Crippen molar-refractivity contribution in [2.24, 2.45) is 5.92 Å². The third kappa shape index (κ3) is 4.60. The highest BCUT2D eigenvalue weighted by Gasteiger charge is 2.21. The minimum absolute atomic E-state index is 0.0244. The van der Waals surface area contributed by atoms with Crippen LogP contribution >= 0.6 is 50.1 Å². The number of amides is 1. The second-order valence-electron chi connectivity index (χ2n) is 4.96. The van der Waals surface area contributed by atoms with Crippen molar-refractivity contribution in [3.63, 3.8) is 0 Å². The van der Waals surface area contributed by atoms with E-state index >= 15 is 0 Å². The van der Waals surface area contributed by atoms with E-state index in [4.69, 9.17) is 11.6 Å². The van der Waals surface area contributed by atoms with E-state index in [-0.39, 0.29) is 5.91 Å². The lowest BCUT2D eigenvalue weighted by atomic mass is 9.89. The summed E-state index contributed by atoms with van der Waals surface area (Å²) in [6, 6.07) is 5.40. The summed E-state index contributed by atoms with van der Waals surface area (Å²) in [5.41, 5.74) is 0.666. The maximum absolute atomic E-state index is 12.2. The first kappa shape index (κ1) is 15.6. The van der Waals surface area contributed by atoms with Gasteiger partial charge in [0.15, 0.2) is 0 Å². The van der Waals surface area contributed by atoms with Crippen molar-refractivity contribution in [1.29, 1.82) is 0 Å². The van der Waals surface area contributed by atoms with Crippen molar-refractivity contribution in [3.05, 3.63) is 32.4 Å². The molecule has 2 unspecified atom stereocenters. The van der Waals surface area contributed by atoms with Crippen LogP contribution in [0.15, 0.2) is 18.2 Å². The predicted molar refractivity (Wildman–Crippen MR) is 91.2 cm³/mol. The van der Waals surface area contributed by atoms with Crippen molar-refractivity contribution in [2.45, 2.75) is 30.5 Å². The number of hydrogen-bond donors (Lipinski definition) is 1. The van der Waals surface area contributed by atoms with Gasteiger partial charge in [0.1, 0.15) is 0 Å². The molecule has 0 spiro atoms. The Morgan fingerprint density at radius 3 is 3.00 bits per heavy atom. The van der Waals surface area contributed by atoms with Gasteiger partial charge in [-0.15, -0.1) is 0 Å². The van der Waals surface area contributed by atoms with E-state index in [2.05, 4.69) is 43.8 Å². The number of carbonyl (C=O) groups excluding carboxylic acids is 1. The molecule has 1 amide bonds. The Labute approximate surface area is 140 Å². The summed E-state index contributed by atoms with van der Waals surface area (Å²) in [4.78, 5) is 12.8. The van der Waals surface area contributed by atoms with Crippen molar-refractivity contribution in [1.82, 2.24) is 5.32 Å². The van der Waals surface area contributed by atoms with E-state index in [0.29, 0.717) is 21.3 Å². The lowest BCUT2D eigenvalue weighted by Gasteiger charge is -2.25. The quantitative estimate of drug-likeness (QED) is 0.522. The molecule has 1 saturated carbocycles. The van der Waals surface area contributed by atoms with Crippen molar-refractivity contribution in [2.75, 3.05) is 6.54 Å². The van der Waals surface area contributed by atoms with Gasteiger partial charge in [0.2, 0.25) is 0 Å². The molecule has 0 bridgehead atoms. The zero-order valence-electron chi connectivity index (χ0n) is 10.5. The van der Waals surface area contributed by atoms with Gasteiger partial charge >= 0.3 is 0 Å². The number of hydrogen-bond acceptors (Lipinski definition) is 1. The lowest BCUT2D eigenvalue weighted by molar-refractivity contribution is 0.0943. The van der Waals surface area contributed by atoms with E-state index in [9.17, 15) is 4.79 Å². The molecule has 2 nitrogen and oxygen atoms in total. The van der Waals surface area contributed by atoms with Crippen LogP contribution in [0.1, 0.15) is 36.0 Å². The lowest BCUT2D eigenvalue weighted by Crippen LogP contribution is -2.32. The van der Waals surface area contributed by atoms with Gasteiger partial charge in [-0.1, -0.05) is 34.0 Å². The fraction of sp³-hybridized carbons (Fsp3) is 0.500. The smallest absolute Gasteiger partial charge is 0.252 e. The van der Waals surface area contributed by atoms with Crippen LogP contribution in [-0.4, -0.2) is 17.3 Å². The molecule has 0 aliphatic heterocycles. The maximum Gasteiger partial charge on any atom is 0.252 e. The van der Waals surface area contributed by atoms with Crippen molar-refractivity contribution >= 4 is 56.0 Å². The largest absolute Gasteiger partial charge is 0.352 e. The van der Waals surface area contributed by atoms with Crippen LogP contribution in [0, 0.1) is 9.49 Å². The fourth-order valence-electron chi connectivity index (χ4n) is 2.41. The van der Waals surface area contributed by atoms with Crippen LogP contribution in [0.2, 0.25) is 5.02 Å². The molecule has 104 valence electrons. The third-order valence-corrected chi connectivity index (χ3v) is 5.45. The Bertz CT molecular complexity index is 469. The number of nitrogens with one attached hydrogen (secondary N) is 1. The van der Waals surface area contributed by atoms with Gasteiger partial charge in [0.05, 0.1) is 5.56 Å². The Morgan fingerprint density at radius 1 is 1.47 bits per heavy atom. The number of halogens is 3. The zero-order chi connectivity index (χ0) is 13.8. The van der Waals surface area contributed by atoms with E-state index < -0.39 is 0 Å². The summed E-state index contributed by atoms with van der Waals surface area (Å²) in [6.45, 7) is 0.753. The van der Waals surface area contributed by atoms with Crippen molar-refractivity contribution < 1.29 is 4.79 Å². The second-order valence-corrected chi connectivity index (χ2v) is 7.86. The Morgan fingerprint density at radius 2 is 2.26 bits per heavy atom. The fourth-order valence-corrected chi connectivity index (χ4v) is 4.02. The van der Waals surface area contributed by atoms with Crippen LogP contribution in [0.4, 0.5) is 0 Å². The summed E-state index contributed by atoms with van der Waals surface area (Å²) >= 11 is 11.8. The standard InChI is InChI=1S/C14H16BrClINO/c15-10-3-1-2-9(6-10)8-18-14(19)12-7-11(16)4-5-13(12)17/h4-5,7,9-10H,1-3,6,8H2,(H,18,19). The Kier molecular flexibility index (Phi) is 5.96. The van der Waals surface area contributed by atoms with Gasteiger partial charge in [0.25, 0.3) is 5.91 Å². The summed E-state index contributed by atoms with van der Waals surface area (Å²) in [7, 11) is 0. The summed E-state index contributed by atoms with van der Waals surface area (Å²) < 4.78 is 0.932. The first-order chi connectivity index (χ1) is 9.06. The predicted octanol–water partition coefficient (Wildman–Crippen LogP) is 4.63. The molecule has 1 aliphatic rings. The highest BCUT2D eigenvalue weighted by molar-refractivity contribution is 14.1. The molecule has 0 aromatic heterocycles. The molecule has 0 heterocycles. The van der Waals surface area contributed by atoms with E-state index in [0.717, 1.165) is 16.5 Å². The molecule has 2 rings (SSSR count). The average molecular weight is 457 g/mol. The Balaban J connectivity index is 1.92. The number of rotatable bonds is 3. The van der Waals surface area contributed by atoms with Crippen LogP contribution in [0.5, 0.6) is 0 Å².